The van der Waals surface area contributed by atoms with Crippen LogP contribution in [0.3, 0.4) is 0 Å². The van der Waals surface area contributed by atoms with Gasteiger partial charge in [0.05, 0.1) is 23.7 Å². The summed E-state index contributed by atoms with van der Waals surface area (Å²) in [6.45, 7) is 11.5. The van der Waals surface area contributed by atoms with Crippen LogP contribution in [0.2, 0.25) is 0 Å². The fourth-order valence-corrected chi connectivity index (χ4v) is 2.94. The molecule has 0 unspecified atom stereocenters. The fourth-order valence-electron chi connectivity index (χ4n) is 2.94. The maximum absolute atomic E-state index is 11.8. The highest BCUT2D eigenvalue weighted by Crippen LogP contribution is 2.25. The molecule has 0 amide bonds. The topological polar surface area (TPSA) is 98.0 Å². The molecule has 9 nitrogen and oxygen atoms in total. The molecule has 0 N–H and O–H groups in total. The van der Waals surface area contributed by atoms with Crippen LogP contribution in [0.15, 0.2) is 101 Å². The van der Waals surface area contributed by atoms with Crippen molar-refractivity contribution < 1.29 is 19.1 Å². The molecule has 3 rings (SSSR count). The number of pyridine rings is 1. The zero-order valence-electron chi connectivity index (χ0n) is 20.0. The van der Waals surface area contributed by atoms with E-state index in [4.69, 9.17) is 14.3 Å². The maximum atomic E-state index is 11.8. The Balaban J connectivity index is 1.83. The van der Waals surface area contributed by atoms with Crippen LogP contribution in [0.25, 0.3) is 10.9 Å². The number of likely N-dealkylation sites (N-methyl/N-ethyl adjacent to an activating group) is 1. The smallest absolute Gasteiger partial charge is 0.434 e. The van der Waals surface area contributed by atoms with E-state index in [2.05, 4.69) is 33.6 Å². The number of para-hydroxylation sites is 1. The third-order valence-electron chi connectivity index (χ3n) is 4.63. The van der Waals surface area contributed by atoms with Gasteiger partial charge < -0.3 is 14.3 Å². The van der Waals surface area contributed by atoms with E-state index in [1.54, 1.807) is 33.0 Å². The molecule has 1 heterocycles. The zero-order chi connectivity index (χ0) is 25.2. The van der Waals surface area contributed by atoms with Gasteiger partial charge in [0.15, 0.2) is 12.4 Å². The van der Waals surface area contributed by atoms with Gasteiger partial charge in [-0.05, 0) is 26.0 Å². The van der Waals surface area contributed by atoms with Gasteiger partial charge in [0.25, 0.3) is 0 Å². The van der Waals surface area contributed by atoms with Gasteiger partial charge in [-0.1, -0.05) is 72.1 Å². The Labute approximate surface area is 204 Å². The molecule has 180 valence electrons. The molecule has 0 spiro atoms. The monoisotopic (exact) mass is 473 g/mol. The molecular weight excluding hydrogens is 446 g/mol. The molecule has 9 heteroatoms. The lowest BCUT2D eigenvalue weighted by molar-refractivity contribution is 0.104. The number of rotatable bonds is 10. The highest BCUT2D eigenvalue weighted by molar-refractivity contribution is 6.11. The van der Waals surface area contributed by atoms with E-state index >= 15 is 0 Å². The Morgan fingerprint density at radius 2 is 1.83 bits per heavy atom. The van der Waals surface area contributed by atoms with E-state index in [1.165, 1.54) is 5.01 Å². The van der Waals surface area contributed by atoms with Gasteiger partial charge in [0, 0.05) is 18.0 Å². The summed E-state index contributed by atoms with van der Waals surface area (Å²) in [6, 6.07) is 18.5. The van der Waals surface area contributed by atoms with Gasteiger partial charge >= 0.3 is 6.16 Å². The van der Waals surface area contributed by atoms with Crippen LogP contribution < -0.4 is 4.74 Å². The summed E-state index contributed by atoms with van der Waals surface area (Å²) in [5.74, 6) is 0.300. The number of carbonyl (C=O) groups is 1. The van der Waals surface area contributed by atoms with Crippen molar-refractivity contribution in [3.63, 3.8) is 0 Å². The third-order valence-corrected chi connectivity index (χ3v) is 4.63. The SMILES string of the molecule is C=C(C)N=NN(C)C(=C)/C(=N\OCc1ccc2cccc(OC(=O)OCC)c2n1)c1ccccc1. The summed E-state index contributed by atoms with van der Waals surface area (Å²) in [6.07, 6.45) is -0.785. The quantitative estimate of drug-likeness (QED) is 0.117. The number of nitrogens with zero attached hydrogens (tertiary/aromatic N) is 5. The predicted octanol–water partition coefficient (Wildman–Crippen LogP) is 6.04. The first-order valence-corrected chi connectivity index (χ1v) is 10.9. The average Bonchev–Trinajstić information content (AvgIpc) is 2.85. The molecule has 2 aromatic carbocycles. The highest BCUT2D eigenvalue weighted by Gasteiger charge is 2.14. The zero-order valence-corrected chi connectivity index (χ0v) is 20.0. The average molecular weight is 474 g/mol. The van der Waals surface area contributed by atoms with Crippen LogP contribution >= 0.6 is 0 Å². The van der Waals surface area contributed by atoms with E-state index < -0.39 is 6.16 Å². The second-order valence-corrected chi connectivity index (χ2v) is 7.39. The number of benzene rings is 2. The van der Waals surface area contributed by atoms with Gasteiger partial charge in [-0.15, -0.1) is 5.11 Å². The van der Waals surface area contributed by atoms with Gasteiger partial charge in [0.2, 0.25) is 0 Å². The normalized spacial score (nSPS) is 11.3. The molecule has 0 aliphatic rings. The number of ether oxygens (including phenoxy) is 2. The van der Waals surface area contributed by atoms with E-state index in [0.717, 1.165) is 10.9 Å². The minimum atomic E-state index is -0.785. The number of oxime groups is 1. The Morgan fingerprint density at radius 1 is 1.06 bits per heavy atom. The lowest BCUT2D eigenvalue weighted by atomic mass is 10.1. The van der Waals surface area contributed by atoms with E-state index in [-0.39, 0.29) is 13.2 Å². The molecular formula is C26H27N5O4. The Morgan fingerprint density at radius 3 is 2.54 bits per heavy atom. The second kappa shape index (κ2) is 12.1. The first kappa shape index (κ1) is 25.1. The number of carbonyl (C=O) groups excluding carboxylic acids is 1. The van der Waals surface area contributed by atoms with Crippen LogP contribution in [-0.2, 0) is 16.2 Å². The summed E-state index contributed by atoms with van der Waals surface area (Å²) < 4.78 is 10.2. The molecule has 35 heavy (non-hydrogen) atoms. The molecule has 0 saturated heterocycles. The largest absolute Gasteiger partial charge is 0.513 e. The lowest BCUT2D eigenvalue weighted by Crippen LogP contribution is -2.19. The molecule has 0 aliphatic heterocycles. The Kier molecular flexibility index (Phi) is 8.66. The second-order valence-electron chi connectivity index (χ2n) is 7.39. The summed E-state index contributed by atoms with van der Waals surface area (Å²) >= 11 is 0. The van der Waals surface area contributed by atoms with Crippen molar-refractivity contribution in [3.05, 3.63) is 96.5 Å². The van der Waals surface area contributed by atoms with Crippen molar-refractivity contribution in [2.45, 2.75) is 20.5 Å². The van der Waals surface area contributed by atoms with Gasteiger partial charge in [0.1, 0.15) is 11.2 Å². The van der Waals surface area contributed by atoms with Crippen molar-refractivity contribution in [3.8, 4) is 5.75 Å². The Hall–Kier alpha value is -4.53. The molecule has 0 atom stereocenters. The highest BCUT2D eigenvalue weighted by atomic mass is 16.7. The molecule has 3 aromatic rings. The molecule has 0 saturated carbocycles. The van der Waals surface area contributed by atoms with E-state index in [1.807, 2.05) is 48.5 Å². The van der Waals surface area contributed by atoms with Crippen molar-refractivity contribution in [1.29, 1.82) is 0 Å². The minimum absolute atomic E-state index is 0.0737. The predicted molar refractivity (Wildman–Crippen MR) is 134 cm³/mol. The summed E-state index contributed by atoms with van der Waals surface area (Å²) in [4.78, 5) is 22.0. The maximum Gasteiger partial charge on any atom is 0.513 e. The van der Waals surface area contributed by atoms with Crippen LogP contribution in [0.4, 0.5) is 4.79 Å². The van der Waals surface area contributed by atoms with Crippen molar-refractivity contribution in [2.24, 2.45) is 15.5 Å². The third kappa shape index (κ3) is 6.97. The van der Waals surface area contributed by atoms with Crippen LogP contribution in [0.1, 0.15) is 25.1 Å². The van der Waals surface area contributed by atoms with E-state index in [9.17, 15) is 4.79 Å². The molecule has 0 fully saturated rings. The van der Waals surface area contributed by atoms with Gasteiger partial charge in [-0.2, -0.15) is 0 Å². The van der Waals surface area contributed by atoms with Crippen molar-refractivity contribution in [1.82, 2.24) is 9.99 Å². The standard InChI is InChI=1S/C26H27N5O4/c1-6-33-26(32)35-23-14-10-13-21-15-16-22(27-25(21)23)17-34-29-24(20-11-8-7-9-12-20)19(4)31(5)30-28-18(2)3/h7-16H,2,4,6,17H2,1,3,5H3/b29-24+,30-28?. The summed E-state index contributed by atoms with van der Waals surface area (Å²) in [5, 5.41) is 14.7. The molecule has 0 aliphatic carbocycles. The molecule has 1 aromatic heterocycles. The fraction of sp³-hybridized carbons (Fsp3) is 0.192. The van der Waals surface area contributed by atoms with Crippen LogP contribution in [0.5, 0.6) is 5.75 Å². The lowest BCUT2D eigenvalue weighted by Gasteiger charge is -2.16. The number of fused-ring (bicyclic) bond motifs is 1. The Bertz CT molecular complexity index is 1270. The van der Waals surface area contributed by atoms with Gasteiger partial charge in [-0.3, -0.25) is 0 Å². The minimum Gasteiger partial charge on any atom is -0.434 e. The number of hydrogen-bond acceptors (Lipinski definition) is 8. The first-order chi connectivity index (χ1) is 16.9. The number of aromatic nitrogens is 1. The van der Waals surface area contributed by atoms with Crippen LogP contribution in [-0.4, -0.2) is 35.5 Å². The number of allylic oxidation sites excluding steroid dienone is 2. The first-order valence-electron chi connectivity index (χ1n) is 10.9. The number of hydrogen-bond donors (Lipinski definition) is 0. The van der Waals surface area contributed by atoms with Crippen LogP contribution in [0, 0.1) is 0 Å². The van der Waals surface area contributed by atoms with Crippen molar-refractivity contribution >= 4 is 22.8 Å². The summed E-state index contributed by atoms with van der Waals surface area (Å²) in [5.41, 5.74) is 3.44. The molecule has 0 radical (unpaired) electrons. The van der Waals surface area contributed by atoms with E-state index in [0.29, 0.717) is 34.1 Å². The van der Waals surface area contributed by atoms with Crippen molar-refractivity contribution in [2.75, 3.05) is 13.7 Å². The molecule has 0 bridgehead atoms. The summed E-state index contributed by atoms with van der Waals surface area (Å²) in [7, 11) is 1.71. The van der Waals surface area contributed by atoms with Gasteiger partial charge in [-0.25, -0.2) is 14.8 Å².